The molecule has 2 aliphatic carbocycles. The number of hydrogen-bond acceptors (Lipinski definition) is 4. The van der Waals surface area contributed by atoms with E-state index in [1.165, 1.54) is 31.9 Å². The van der Waals surface area contributed by atoms with Crippen LogP contribution in [0.4, 0.5) is 11.5 Å². The molecule has 0 radical (unpaired) electrons. The molecule has 0 unspecified atom stereocenters. The molecule has 2 aliphatic rings. The molecule has 1 aromatic heterocycles. The lowest BCUT2D eigenvalue weighted by atomic mass is 10.1. The maximum Gasteiger partial charge on any atom is 0.250 e. The summed E-state index contributed by atoms with van der Waals surface area (Å²) in [7, 11) is 0. The van der Waals surface area contributed by atoms with E-state index in [-0.39, 0.29) is 0 Å². The highest BCUT2D eigenvalue weighted by molar-refractivity contribution is 5.98. The Balaban J connectivity index is 1.78. The molecule has 1 heterocycles. The van der Waals surface area contributed by atoms with Gasteiger partial charge in [0.15, 0.2) is 0 Å². The van der Waals surface area contributed by atoms with Gasteiger partial charge in [0.25, 0.3) is 5.91 Å². The number of rotatable bonds is 5. The zero-order valence-corrected chi connectivity index (χ0v) is 10.2. The Hall–Kier alpha value is -1.78. The van der Waals surface area contributed by atoms with E-state index < -0.39 is 5.91 Å². The Morgan fingerprint density at radius 2 is 1.94 bits per heavy atom. The average molecular weight is 246 g/mol. The first kappa shape index (κ1) is 11.3. The summed E-state index contributed by atoms with van der Waals surface area (Å²) >= 11 is 0. The van der Waals surface area contributed by atoms with Crippen molar-refractivity contribution >= 4 is 17.4 Å². The van der Waals surface area contributed by atoms with Gasteiger partial charge in [-0.25, -0.2) is 4.98 Å². The molecule has 2 saturated carbocycles. The van der Waals surface area contributed by atoms with E-state index in [0.717, 1.165) is 11.8 Å². The molecule has 0 spiro atoms. The zero-order chi connectivity index (χ0) is 12.7. The lowest BCUT2D eigenvalue weighted by molar-refractivity contribution is 0.100. The summed E-state index contributed by atoms with van der Waals surface area (Å²) in [4.78, 5) is 15.5. The number of nitrogens with one attached hydrogen (secondary N) is 1. The number of anilines is 2. The predicted molar refractivity (Wildman–Crippen MR) is 70.0 cm³/mol. The SMILES string of the molecule is NC(=O)c1cc(NC(C2CC2)C2CC2)ncc1N. The molecule has 0 bridgehead atoms. The zero-order valence-electron chi connectivity index (χ0n) is 10.2. The molecule has 5 N–H and O–H groups in total. The Kier molecular flexibility index (Phi) is 2.61. The van der Waals surface area contributed by atoms with Crippen molar-refractivity contribution in [2.24, 2.45) is 17.6 Å². The highest BCUT2D eigenvalue weighted by atomic mass is 16.1. The normalized spacial score (nSPS) is 18.9. The molecule has 5 nitrogen and oxygen atoms in total. The van der Waals surface area contributed by atoms with Gasteiger partial charge in [-0.15, -0.1) is 0 Å². The molecular weight excluding hydrogens is 228 g/mol. The van der Waals surface area contributed by atoms with Gasteiger partial charge in [-0.05, 0) is 43.6 Å². The van der Waals surface area contributed by atoms with Crippen molar-refractivity contribution in [3.8, 4) is 0 Å². The van der Waals surface area contributed by atoms with Crippen LogP contribution < -0.4 is 16.8 Å². The van der Waals surface area contributed by atoms with Crippen LogP contribution in [0, 0.1) is 11.8 Å². The van der Waals surface area contributed by atoms with Gasteiger partial charge >= 0.3 is 0 Å². The summed E-state index contributed by atoms with van der Waals surface area (Å²) in [6.07, 6.45) is 6.69. The van der Waals surface area contributed by atoms with Crippen LogP contribution in [0.1, 0.15) is 36.0 Å². The van der Waals surface area contributed by atoms with Crippen LogP contribution in [0.3, 0.4) is 0 Å². The second-order valence-corrected chi connectivity index (χ2v) is 5.37. The summed E-state index contributed by atoms with van der Waals surface area (Å²) in [5.41, 5.74) is 11.6. The molecule has 1 amide bonds. The van der Waals surface area contributed by atoms with Crippen LogP contribution >= 0.6 is 0 Å². The van der Waals surface area contributed by atoms with Crippen LogP contribution in [0.5, 0.6) is 0 Å². The van der Waals surface area contributed by atoms with Gasteiger partial charge in [-0.1, -0.05) is 0 Å². The first-order valence-corrected chi connectivity index (χ1v) is 6.47. The fourth-order valence-electron chi connectivity index (χ4n) is 2.46. The van der Waals surface area contributed by atoms with E-state index in [0.29, 0.717) is 23.1 Å². The Bertz CT molecular complexity index is 468. The maximum absolute atomic E-state index is 11.2. The molecule has 3 rings (SSSR count). The second kappa shape index (κ2) is 4.15. The summed E-state index contributed by atoms with van der Waals surface area (Å²) in [5, 5.41) is 3.45. The largest absolute Gasteiger partial charge is 0.397 e. The van der Waals surface area contributed by atoms with Crippen LogP contribution in [-0.2, 0) is 0 Å². The van der Waals surface area contributed by atoms with Gasteiger partial charge in [-0.2, -0.15) is 0 Å². The monoisotopic (exact) mass is 246 g/mol. The third-order valence-electron chi connectivity index (χ3n) is 3.77. The Morgan fingerprint density at radius 3 is 2.44 bits per heavy atom. The Morgan fingerprint density at radius 1 is 1.33 bits per heavy atom. The van der Waals surface area contributed by atoms with E-state index in [2.05, 4.69) is 10.3 Å². The number of aromatic nitrogens is 1. The fourth-order valence-corrected chi connectivity index (χ4v) is 2.46. The number of nitrogen functional groups attached to an aromatic ring is 1. The lowest BCUT2D eigenvalue weighted by Gasteiger charge is -2.18. The third-order valence-corrected chi connectivity index (χ3v) is 3.77. The van der Waals surface area contributed by atoms with E-state index in [4.69, 9.17) is 11.5 Å². The summed E-state index contributed by atoms with van der Waals surface area (Å²) in [5.74, 6) is 1.75. The van der Waals surface area contributed by atoms with Crippen molar-refractivity contribution in [3.63, 3.8) is 0 Å². The summed E-state index contributed by atoms with van der Waals surface area (Å²) in [6, 6.07) is 2.16. The molecule has 96 valence electrons. The third kappa shape index (κ3) is 2.25. The van der Waals surface area contributed by atoms with Gasteiger partial charge in [-0.3, -0.25) is 4.79 Å². The van der Waals surface area contributed by atoms with E-state index >= 15 is 0 Å². The van der Waals surface area contributed by atoms with Crippen molar-refractivity contribution in [1.82, 2.24) is 4.98 Å². The van der Waals surface area contributed by atoms with Crippen LogP contribution in [0.25, 0.3) is 0 Å². The quantitative estimate of drug-likeness (QED) is 0.731. The molecule has 1 aromatic rings. The van der Waals surface area contributed by atoms with E-state index in [9.17, 15) is 4.79 Å². The smallest absolute Gasteiger partial charge is 0.250 e. The minimum absolute atomic E-state index is 0.336. The van der Waals surface area contributed by atoms with Gasteiger partial charge in [0.2, 0.25) is 0 Å². The number of primary amides is 1. The van der Waals surface area contributed by atoms with E-state index in [1.807, 2.05) is 0 Å². The molecule has 0 aromatic carbocycles. The number of carbonyl (C=O) groups is 1. The summed E-state index contributed by atoms with van der Waals surface area (Å²) in [6.45, 7) is 0. The predicted octanol–water partition coefficient (Wildman–Crippen LogP) is 1.36. The van der Waals surface area contributed by atoms with Crippen molar-refractivity contribution in [3.05, 3.63) is 17.8 Å². The van der Waals surface area contributed by atoms with E-state index in [1.54, 1.807) is 6.07 Å². The molecule has 2 fully saturated rings. The number of carbonyl (C=O) groups excluding carboxylic acids is 1. The topological polar surface area (TPSA) is 94.0 Å². The molecule has 18 heavy (non-hydrogen) atoms. The lowest BCUT2D eigenvalue weighted by Crippen LogP contribution is -2.25. The average Bonchev–Trinajstić information content (AvgIpc) is 3.20. The number of amides is 1. The van der Waals surface area contributed by atoms with Crippen molar-refractivity contribution in [2.75, 3.05) is 11.1 Å². The highest BCUT2D eigenvalue weighted by Crippen LogP contribution is 2.45. The number of nitrogens with two attached hydrogens (primary N) is 2. The van der Waals surface area contributed by atoms with Crippen molar-refractivity contribution in [1.29, 1.82) is 0 Å². The van der Waals surface area contributed by atoms with Crippen LogP contribution in [0.15, 0.2) is 12.3 Å². The molecule has 0 saturated heterocycles. The van der Waals surface area contributed by atoms with Gasteiger partial charge in [0, 0.05) is 6.04 Å². The highest BCUT2D eigenvalue weighted by Gasteiger charge is 2.41. The molecule has 0 atom stereocenters. The summed E-state index contributed by atoms with van der Waals surface area (Å²) < 4.78 is 0. The maximum atomic E-state index is 11.2. The first-order chi connectivity index (χ1) is 8.65. The van der Waals surface area contributed by atoms with Crippen LogP contribution in [0.2, 0.25) is 0 Å². The second-order valence-electron chi connectivity index (χ2n) is 5.37. The van der Waals surface area contributed by atoms with Gasteiger partial charge in [0.05, 0.1) is 17.4 Å². The standard InChI is InChI=1S/C13H18N4O/c14-10-6-16-11(5-9(10)13(15)18)17-12(7-1-2-7)8-3-4-8/h5-8,12H,1-4,14H2,(H2,15,18)(H,16,17). The Labute approximate surface area is 106 Å². The number of nitrogens with zero attached hydrogens (tertiary/aromatic N) is 1. The van der Waals surface area contributed by atoms with Gasteiger partial charge in [0.1, 0.15) is 5.82 Å². The molecular formula is C13H18N4O. The number of hydrogen-bond donors (Lipinski definition) is 3. The minimum atomic E-state index is -0.507. The molecule has 5 heteroatoms. The van der Waals surface area contributed by atoms with Gasteiger partial charge < -0.3 is 16.8 Å². The van der Waals surface area contributed by atoms with Crippen molar-refractivity contribution < 1.29 is 4.79 Å². The van der Waals surface area contributed by atoms with Crippen LogP contribution in [-0.4, -0.2) is 16.9 Å². The molecule has 0 aliphatic heterocycles. The number of pyridine rings is 1. The van der Waals surface area contributed by atoms with Crippen molar-refractivity contribution in [2.45, 2.75) is 31.7 Å². The first-order valence-electron chi connectivity index (χ1n) is 6.47. The minimum Gasteiger partial charge on any atom is -0.397 e. The fraction of sp³-hybridized carbons (Fsp3) is 0.538.